The summed E-state index contributed by atoms with van der Waals surface area (Å²) in [4.78, 5) is 0. The zero-order valence-electron chi connectivity index (χ0n) is 10.9. The van der Waals surface area contributed by atoms with Gasteiger partial charge in [-0.05, 0) is 52.2 Å². The van der Waals surface area contributed by atoms with Crippen molar-refractivity contribution in [3.05, 3.63) is 18.2 Å². The van der Waals surface area contributed by atoms with Gasteiger partial charge in [-0.25, -0.2) is 0 Å². The largest absolute Gasteiger partial charge is 0.489 e. The minimum Gasteiger partial charge on any atom is -0.489 e. The van der Waals surface area contributed by atoms with Crippen LogP contribution >= 0.6 is 0 Å². The first-order valence-electron chi connectivity index (χ1n) is 6.33. The van der Waals surface area contributed by atoms with Gasteiger partial charge in [0.25, 0.3) is 0 Å². The highest BCUT2D eigenvalue weighted by atomic mass is 16.5. The van der Waals surface area contributed by atoms with Crippen LogP contribution < -0.4 is 15.8 Å². The Morgan fingerprint density at radius 1 is 1.35 bits per heavy atom. The van der Waals surface area contributed by atoms with E-state index in [0.29, 0.717) is 5.69 Å². The molecule has 0 spiro atoms. The van der Waals surface area contributed by atoms with Crippen molar-refractivity contribution in [2.75, 3.05) is 11.1 Å². The van der Waals surface area contributed by atoms with Crippen molar-refractivity contribution in [2.45, 2.75) is 51.7 Å². The number of nitrogen functional groups attached to an aromatic ring is 1. The van der Waals surface area contributed by atoms with Gasteiger partial charge in [0, 0.05) is 17.3 Å². The van der Waals surface area contributed by atoms with Crippen molar-refractivity contribution >= 4 is 11.4 Å². The number of nitrogens with one attached hydrogen (secondary N) is 1. The van der Waals surface area contributed by atoms with E-state index in [0.717, 1.165) is 11.4 Å². The highest BCUT2D eigenvalue weighted by Gasteiger charge is 2.31. The normalized spacial score (nSPS) is 17.6. The molecule has 1 fully saturated rings. The van der Waals surface area contributed by atoms with Crippen LogP contribution in [0.4, 0.5) is 11.4 Å². The first kappa shape index (κ1) is 12.1. The Bertz CT molecular complexity index is 397. The van der Waals surface area contributed by atoms with Gasteiger partial charge in [-0.15, -0.1) is 0 Å². The number of ether oxygens (including phenoxy) is 1. The maximum atomic E-state index is 5.90. The molecule has 0 radical (unpaired) electrons. The number of hydrogen-bond acceptors (Lipinski definition) is 3. The van der Waals surface area contributed by atoms with E-state index in [4.69, 9.17) is 10.5 Å². The number of hydrogen-bond donors (Lipinski definition) is 2. The van der Waals surface area contributed by atoms with E-state index >= 15 is 0 Å². The van der Waals surface area contributed by atoms with Gasteiger partial charge in [0.05, 0.1) is 11.8 Å². The molecule has 3 N–H and O–H groups in total. The molecule has 0 saturated heterocycles. The fraction of sp³-hybridized carbons (Fsp3) is 0.571. The molecule has 1 aromatic carbocycles. The number of benzene rings is 1. The summed E-state index contributed by atoms with van der Waals surface area (Å²) in [5.74, 6) is 0.771. The number of rotatable bonds is 4. The fourth-order valence-corrected chi connectivity index (χ4v) is 2.15. The Morgan fingerprint density at radius 2 is 2.06 bits per heavy atom. The quantitative estimate of drug-likeness (QED) is 0.785. The van der Waals surface area contributed by atoms with Gasteiger partial charge in [-0.1, -0.05) is 0 Å². The number of nitrogens with two attached hydrogens (primary N) is 1. The molecule has 0 heterocycles. The van der Waals surface area contributed by atoms with Crippen molar-refractivity contribution in [2.24, 2.45) is 0 Å². The second-order valence-corrected chi connectivity index (χ2v) is 5.46. The van der Waals surface area contributed by atoms with Crippen LogP contribution in [0.1, 0.15) is 40.0 Å². The van der Waals surface area contributed by atoms with Crippen LogP contribution in [0.15, 0.2) is 18.2 Å². The molecule has 3 heteroatoms. The van der Waals surface area contributed by atoms with Crippen molar-refractivity contribution in [3.8, 4) is 5.75 Å². The molecule has 3 nitrogen and oxygen atoms in total. The minimum atomic E-state index is 0.145. The molecule has 2 rings (SSSR count). The van der Waals surface area contributed by atoms with Crippen molar-refractivity contribution in [3.63, 3.8) is 0 Å². The average molecular weight is 234 g/mol. The van der Waals surface area contributed by atoms with Crippen LogP contribution in [0, 0.1) is 0 Å². The van der Waals surface area contributed by atoms with Crippen LogP contribution in [0.25, 0.3) is 0 Å². The van der Waals surface area contributed by atoms with Crippen molar-refractivity contribution in [1.29, 1.82) is 0 Å². The molecule has 0 amide bonds. The molecule has 0 unspecified atom stereocenters. The molecule has 1 aliphatic carbocycles. The van der Waals surface area contributed by atoms with E-state index in [1.54, 1.807) is 0 Å². The fourth-order valence-electron chi connectivity index (χ4n) is 2.15. The third kappa shape index (κ3) is 2.84. The molecular formula is C14H22N2O. The van der Waals surface area contributed by atoms with Crippen LogP contribution in [0.2, 0.25) is 0 Å². The van der Waals surface area contributed by atoms with Crippen molar-refractivity contribution < 1.29 is 4.74 Å². The van der Waals surface area contributed by atoms with Crippen LogP contribution in [0.3, 0.4) is 0 Å². The molecule has 1 aliphatic rings. The standard InChI is InChI=1S/C14H22N2O/c1-10(2)17-13-9-11(5-6-12(13)15)16-14(3)7-4-8-14/h5-6,9-10,16H,4,7-8,15H2,1-3H3. The molecule has 0 aromatic heterocycles. The van der Waals surface area contributed by atoms with E-state index in [9.17, 15) is 0 Å². The molecule has 17 heavy (non-hydrogen) atoms. The summed E-state index contributed by atoms with van der Waals surface area (Å²) < 4.78 is 5.69. The van der Waals surface area contributed by atoms with Gasteiger partial charge in [0.15, 0.2) is 0 Å². The molecule has 0 atom stereocenters. The molecule has 1 aromatic rings. The molecule has 0 aliphatic heterocycles. The van der Waals surface area contributed by atoms with E-state index < -0.39 is 0 Å². The Morgan fingerprint density at radius 3 is 2.59 bits per heavy atom. The van der Waals surface area contributed by atoms with Gasteiger partial charge >= 0.3 is 0 Å². The van der Waals surface area contributed by atoms with Gasteiger partial charge in [0.2, 0.25) is 0 Å². The molecule has 94 valence electrons. The summed E-state index contributed by atoms with van der Waals surface area (Å²) in [5.41, 5.74) is 7.94. The Hall–Kier alpha value is -1.38. The van der Waals surface area contributed by atoms with Crippen LogP contribution in [-0.2, 0) is 0 Å². The predicted octanol–water partition coefficient (Wildman–Crippen LogP) is 3.41. The summed E-state index contributed by atoms with van der Waals surface area (Å²) in [6.07, 6.45) is 3.93. The zero-order valence-corrected chi connectivity index (χ0v) is 10.9. The summed E-state index contributed by atoms with van der Waals surface area (Å²) in [7, 11) is 0. The summed E-state index contributed by atoms with van der Waals surface area (Å²) in [6, 6.07) is 5.92. The maximum absolute atomic E-state index is 5.90. The Labute approximate surface area is 103 Å². The molecule has 1 saturated carbocycles. The first-order chi connectivity index (χ1) is 7.98. The highest BCUT2D eigenvalue weighted by molar-refractivity contribution is 5.62. The number of anilines is 2. The van der Waals surface area contributed by atoms with Gasteiger partial charge in [0.1, 0.15) is 5.75 Å². The third-order valence-corrected chi connectivity index (χ3v) is 3.28. The lowest BCUT2D eigenvalue weighted by Gasteiger charge is -2.40. The lowest BCUT2D eigenvalue weighted by Crippen LogP contribution is -2.41. The van der Waals surface area contributed by atoms with Gasteiger partial charge < -0.3 is 15.8 Å². The second kappa shape index (κ2) is 4.47. The van der Waals surface area contributed by atoms with E-state index in [1.807, 2.05) is 32.0 Å². The summed E-state index contributed by atoms with van der Waals surface area (Å²) in [6.45, 7) is 6.27. The zero-order chi connectivity index (χ0) is 12.5. The average Bonchev–Trinajstić information content (AvgIpc) is 2.20. The summed E-state index contributed by atoms with van der Waals surface area (Å²) >= 11 is 0. The Balaban J connectivity index is 2.12. The van der Waals surface area contributed by atoms with E-state index in [2.05, 4.69) is 12.2 Å². The molecule has 0 bridgehead atoms. The highest BCUT2D eigenvalue weighted by Crippen LogP contribution is 2.36. The minimum absolute atomic E-state index is 0.145. The van der Waals surface area contributed by atoms with E-state index in [1.165, 1.54) is 19.3 Å². The van der Waals surface area contributed by atoms with Gasteiger partial charge in [-0.2, -0.15) is 0 Å². The topological polar surface area (TPSA) is 47.3 Å². The monoisotopic (exact) mass is 234 g/mol. The summed E-state index contributed by atoms with van der Waals surface area (Å²) in [5, 5.41) is 3.56. The molecular weight excluding hydrogens is 212 g/mol. The lowest BCUT2D eigenvalue weighted by atomic mass is 9.78. The lowest BCUT2D eigenvalue weighted by molar-refractivity contribution is 0.244. The van der Waals surface area contributed by atoms with Crippen LogP contribution in [-0.4, -0.2) is 11.6 Å². The second-order valence-electron chi connectivity index (χ2n) is 5.46. The third-order valence-electron chi connectivity index (χ3n) is 3.28. The van der Waals surface area contributed by atoms with Crippen LogP contribution in [0.5, 0.6) is 5.75 Å². The first-order valence-corrected chi connectivity index (χ1v) is 6.33. The predicted molar refractivity (Wildman–Crippen MR) is 72.5 cm³/mol. The van der Waals surface area contributed by atoms with E-state index in [-0.39, 0.29) is 11.6 Å². The Kier molecular flexibility index (Phi) is 3.18. The SMILES string of the molecule is CC(C)Oc1cc(NC2(C)CCC2)ccc1N. The van der Waals surface area contributed by atoms with Gasteiger partial charge in [-0.3, -0.25) is 0 Å². The maximum Gasteiger partial charge on any atom is 0.144 e. The van der Waals surface area contributed by atoms with Crippen molar-refractivity contribution in [1.82, 2.24) is 0 Å². The smallest absolute Gasteiger partial charge is 0.144 e.